The number of carbonyl (C=O) groups excluding carboxylic acids is 1. The third-order valence-electron chi connectivity index (χ3n) is 4.65. The highest BCUT2D eigenvalue weighted by molar-refractivity contribution is 5.74. The van der Waals surface area contributed by atoms with Crippen LogP contribution in [0.5, 0.6) is 0 Å². The summed E-state index contributed by atoms with van der Waals surface area (Å²) in [5.41, 5.74) is 0. The molecular weight excluding hydrogens is 270 g/mol. The van der Waals surface area contributed by atoms with Crippen LogP contribution in [0.2, 0.25) is 0 Å². The molecule has 6 heteroatoms. The molecule has 6 nitrogen and oxygen atoms in total. The molecule has 0 bridgehead atoms. The van der Waals surface area contributed by atoms with Gasteiger partial charge in [-0.15, -0.1) is 0 Å². The van der Waals surface area contributed by atoms with Gasteiger partial charge in [0.1, 0.15) is 0 Å². The summed E-state index contributed by atoms with van der Waals surface area (Å²) >= 11 is 0. The van der Waals surface area contributed by atoms with Gasteiger partial charge in [-0.1, -0.05) is 0 Å². The van der Waals surface area contributed by atoms with Crippen LogP contribution >= 0.6 is 0 Å². The second-order valence-corrected chi connectivity index (χ2v) is 6.24. The number of hydrogen-bond acceptors (Lipinski definition) is 4. The molecule has 120 valence electrons. The van der Waals surface area contributed by atoms with Crippen LogP contribution in [-0.2, 0) is 9.47 Å². The van der Waals surface area contributed by atoms with Crippen LogP contribution in [0.3, 0.4) is 0 Å². The standard InChI is InChI=1S/C15H27N3O3/c19-15(16-11-13-3-1-9-20-13)18-7-5-17(6-8-18)12-14-4-2-10-21-14/h13-14H,1-12H2,(H,16,19). The van der Waals surface area contributed by atoms with E-state index in [-0.39, 0.29) is 12.1 Å². The molecule has 0 aromatic heterocycles. The lowest BCUT2D eigenvalue weighted by Gasteiger charge is -2.35. The first kappa shape index (κ1) is 15.1. The molecule has 2 atom stereocenters. The average Bonchev–Trinajstić information content (AvgIpc) is 3.19. The van der Waals surface area contributed by atoms with E-state index in [0.29, 0.717) is 12.6 Å². The van der Waals surface area contributed by atoms with Crippen molar-refractivity contribution < 1.29 is 14.3 Å². The number of urea groups is 1. The highest BCUT2D eigenvalue weighted by atomic mass is 16.5. The molecule has 21 heavy (non-hydrogen) atoms. The van der Waals surface area contributed by atoms with Crippen molar-refractivity contribution in [2.24, 2.45) is 0 Å². The third-order valence-corrected chi connectivity index (χ3v) is 4.65. The fraction of sp³-hybridized carbons (Fsp3) is 0.933. The summed E-state index contributed by atoms with van der Waals surface area (Å²) in [4.78, 5) is 16.5. The van der Waals surface area contributed by atoms with Gasteiger partial charge >= 0.3 is 6.03 Å². The quantitative estimate of drug-likeness (QED) is 0.829. The van der Waals surface area contributed by atoms with Gasteiger partial charge in [-0.2, -0.15) is 0 Å². The summed E-state index contributed by atoms with van der Waals surface area (Å²) in [6.07, 6.45) is 5.18. The number of rotatable bonds is 4. The van der Waals surface area contributed by atoms with Gasteiger partial charge in [0, 0.05) is 52.5 Å². The molecule has 0 aromatic rings. The maximum absolute atomic E-state index is 12.1. The molecule has 0 radical (unpaired) electrons. The van der Waals surface area contributed by atoms with E-state index in [2.05, 4.69) is 10.2 Å². The second-order valence-electron chi connectivity index (χ2n) is 6.24. The molecule has 3 rings (SSSR count). The Morgan fingerprint density at radius 1 is 1.00 bits per heavy atom. The Labute approximate surface area is 126 Å². The first-order valence-electron chi connectivity index (χ1n) is 8.29. The minimum absolute atomic E-state index is 0.0577. The van der Waals surface area contributed by atoms with Crippen LogP contribution in [0.15, 0.2) is 0 Å². The maximum Gasteiger partial charge on any atom is 0.317 e. The molecule has 3 saturated heterocycles. The van der Waals surface area contributed by atoms with Crippen LogP contribution in [-0.4, -0.2) is 80.5 Å². The van der Waals surface area contributed by atoms with E-state index in [4.69, 9.17) is 9.47 Å². The van der Waals surface area contributed by atoms with Gasteiger partial charge in [0.25, 0.3) is 0 Å². The predicted molar refractivity (Wildman–Crippen MR) is 79.4 cm³/mol. The zero-order valence-electron chi connectivity index (χ0n) is 12.8. The van der Waals surface area contributed by atoms with Crippen LogP contribution in [0.25, 0.3) is 0 Å². The Bertz CT molecular complexity index is 333. The van der Waals surface area contributed by atoms with E-state index in [1.54, 1.807) is 0 Å². The van der Waals surface area contributed by atoms with Crippen LogP contribution in [0, 0.1) is 0 Å². The molecule has 2 unspecified atom stereocenters. The highest BCUT2D eigenvalue weighted by Gasteiger charge is 2.25. The number of hydrogen-bond donors (Lipinski definition) is 1. The van der Waals surface area contributed by atoms with Crippen molar-refractivity contribution >= 4 is 6.03 Å². The normalized spacial score (nSPS) is 30.8. The molecular formula is C15H27N3O3. The Morgan fingerprint density at radius 2 is 1.67 bits per heavy atom. The van der Waals surface area contributed by atoms with Crippen molar-refractivity contribution in [2.45, 2.75) is 37.9 Å². The number of piperazine rings is 1. The molecule has 0 spiro atoms. The van der Waals surface area contributed by atoms with E-state index < -0.39 is 0 Å². The summed E-state index contributed by atoms with van der Waals surface area (Å²) in [5.74, 6) is 0. The SMILES string of the molecule is O=C(NCC1CCCO1)N1CCN(CC2CCCO2)CC1. The van der Waals surface area contributed by atoms with Crippen LogP contribution in [0.4, 0.5) is 4.79 Å². The van der Waals surface area contributed by atoms with E-state index in [0.717, 1.165) is 58.8 Å². The topological polar surface area (TPSA) is 54.0 Å². The van der Waals surface area contributed by atoms with Gasteiger partial charge in [-0.05, 0) is 25.7 Å². The third kappa shape index (κ3) is 4.31. The zero-order valence-corrected chi connectivity index (χ0v) is 12.8. The Kier molecular flexibility index (Phi) is 5.32. The average molecular weight is 297 g/mol. The summed E-state index contributed by atoms with van der Waals surface area (Å²) in [5, 5.41) is 3.00. The lowest BCUT2D eigenvalue weighted by molar-refractivity contribution is 0.0553. The summed E-state index contributed by atoms with van der Waals surface area (Å²) in [7, 11) is 0. The van der Waals surface area contributed by atoms with Crippen LogP contribution < -0.4 is 5.32 Å². The van der Waals surface area contributed by atoms with Crippen LogP contribution in [0.1, 0.15) is 25.7 Å². The van der Waals surface area contributed by atoms with Gasteiger partial charge in [0.05, 0.1) is 12.2 Å². The largest absolute Gasteiger partial charge is 0.377 e. The maximum atomic E-state index is 12.1. The monoisotopic (exact) mass is 297 g/mol. The lowest BCUT2D eigenvalue weighted by atomic mass is 10.2. The first-order chi connectivity index (χ1) is 10.3. The van der Waals surface area contributed by atoms with E-state index in [1.807, 2.05) is 4.90 Å². The number of nitrogens with zero attached hydrogens (tertiary/aromatic N) is 2. The molecule has 0 aromatic carbocycles. The Morgan fingerprint density at radius 3 is 2.29 bits per heavy atom. The van der Waals surface area contributed by atoms with Gasteiger partial charge < -0.3 is 19.7 Å². The predicted octanol–water partition coefficient (Wildman–Crippen LogP) is 0.672. The molecule has 3 fully saturated rings. The van der Waals surface area contributed by atoms with Gasteiger partial charge in [-0.25, -0.2) is 4.79 Å². The van der Waals surface area contributed by atoms with Crippen molar-refractivity contribution in [1.29, 1.82) is 0 Å². The number of amides is 2. The van der Waals surface area contributed by atoms with Crippen molar-refractivity contribution in [1.82, 2.24) is 15.1 Å². The molecule has 2 amide bonds. The molecule has 0 saturated carbocycles. The smallest absolute Gasteiger partial charge is 0.317 e. The highest BCUT2D eigenvalue weighted by Crippen LogP contribution is 2.14. The number of nitrogens with one attached hydrogen (secondary N) is 1. The molecule has 1 N–H and O–H groups in total. The number of ether oxygens (including phenoxy) is 2. The molecule has 3 aliphatic heterocycles. The van der Waals surface area contributed by atoms with Crippen molar-refractivity contribution in [3.8, 4) is 0 Å². The number of carbonyl (C=O) groups is 1. The van der Waals surface area contributed by atoms with Gasteiger partial charge in [0.2, 0.25) is 0 Å². The molecule has 3 aliphatic rings. The fourth-order valence-electron chi connectivity index (χ4n) is 3.33. The summed E-state index contributed by atoms with van der Waals surface area (Å²) < 4.78 is 11.2. The second kappa shape index (κ2) is 7.42. The molecule has 0 aliphatic carbocycles. The minimum Gasteiger partial charge on any atom is -0.377 e. The van der Waals surface area contributed by atoms with Gasteiger partial charge in [0.15, 0.2) is 0 Å². The van der Waals surface area contributed by atoms with Gasteiger partial charge in [-0.3, -0.25) is 4.90 Å². The first-order valence-corrected chi connectivity index (χ1v) is 8.29. The van der Waals surface area contributed by atoms with Crippen molar-refractivity contribution in [3.63, 3.8) is 0 Å². The zero-order chi connectivity index (χ0) is 14.5. The summed E-state index contributed by atoms with van der Waals surface area (Å²) in [6.45, 7) is 6.94. The van der Waals surface area contributed by atoms with E-state index >= 15 is 0 Å². The van der Waals surface area contributed by atoms with Crippen molar-refractivity contribution in [3.05, 3.63) is 0 Å². The fourth-order valence-corrected chi connectivity index (χ4v) is 3.33. The lowest BCUT2D eigenvalue weighted by Crippen LogP contribution is -2.53. The minimum atomic E-state index is 0.0577. The van der Waals surface area contributed by atoms with E-state index in [1.165, 1.54) is 12.8 Å². The Hall–Kier alpha value is -0.850. The van der Waals surface area contributed by atoms with E-state index in [9.17, 15) is 4.79 Å². The molecule has 3 heterocycles. The van der Waals surface area contributed by atoms with Crippen molar-refractivity contribution in [2.75, 3.05) is 52.5 Å². The summed E-state index contributed by atoms with van der Waals surface area (Å²) in [6, 6.07) is 0.0577. The Balaban J connectivity index is 1.33.